The number of aliphatic imine (C=N–C) groups is 1. The van der Waals surface area contributed by atoms with Gasteiger partial charge < -0.3 is 19.9 Å². The Kier molecular flexibility index (Phi) is 12.3. The molecule has 10 heteroatoms. The number of piperazine rings is 1. The van der Waals surface area contributed by atoms with Crippen LogP contribution in [0.5, 0.6) is 0 Å². The molecule has 172 valence electrons. The molecule has 2 aliphatic heterocycles. The molecule has 1 unspecified atom stereocenters. The molecule has 0 saturated carbocycles. The van der Waals surface area contributed by atoms with E-state index in [2.05, 4.69) is 29.1 Å². The van der Waals surface area contributed by atoms with Crippen LogP contribution in [-0.2, 0) is 14.8 Å². The number of guanidine groups is 1. The van der Waals surface area contributed by atoms with Crippen LogP contribution >= 0.6 is 24.0 Å². The predicted molar refractivity (Wildman–Crippen MR) is 130 cm³/mol. The third-order valence-corrected chi connectivity index (χ3v) is 7.11. The summed E-state index contributed by atoms with van der Waals surface area (Å²) in [5.74, 6) is 1.57. The van der Waals surface area contributed by atoms with Crippen molar-refractivity contribution < 1.29 is 13.2 Å². The maximum absolute atomic E-state index is 12.5. The van der Waals surface area contributed by atoms with E-state index in [0.29, 0.717) is 32.1 Å². The van der Waals surface area contributed by atoms with Crippen molar-refractivity contribution in [1.82, 2.24) is 19.4 Å². The molecule has 2 rings (SSSR count). The topological polar surface area (TPSA) is 77.5 Å². The first kappa shape index (κ1) is 26.9. The van der Waals surface area contributed by atoms with Crippen LogP contribution in [-0.4, -0.2) is 106 Å². The fourth-order valence-corrected chi connectivity index (χ4v) is 5.04. The number of piperidine rings is 1. The summed E-state index contributed by atoms with van der Waals surface area (Å²) in [6.45, 7) is 12.4. The van der Waals surface area contributed by atoms with Crippen LogP contribution < -0.4 is 5.32 Å². The highest BCUT2D eigenvalue weighted by Gasteiger charge is 2.28. The van der Waals surface area contributed by atoms with Crippen LogP contribution in [0.2, 0.25) is 0 Å². The Labute approximate surface area is 194 Å². The largest absolute Gasteiger partial charge is 0.378 e. The van der Waals surface area contributed by atoms with Gasteiger partial charge in [0, 0.05) is 45.8 Å². The Hall–Kier alpha value is -0.170. The minimum Gasteiger partial charge on any atom is -0.378 e. The van der Waals surface area contributed by atoms with E-state index in [-0.39, 0.29) is 42.4 Å². The molecule has 0 spiro atoms. The van der Waals surface area contributed by atoms with Crippen molar-refractivity contribution in [3.8, 4) is 0 Å². The third-order valence-electron chi connectivity index (χ3n) is 5.28. The zero-order chi connectivity index (χ0) is 20.6. The first-order chi connectivity index (χ1) is 13.3. The number of sulfonamides is 1. The van der Waals surface area contributed by atoms with Crippen LogP contribution in [0.15, 0.2) is 4.99 Å². The number of rotatable bonds is 8. The van der Waals surface area contributed by atoms with Gasteiger partial charge in [-0.1, -0.05) is 0 Å². The lowest BCUT2D eigenvalue weighted by Gasteiger charge is -2.36. The van der Waals surface area contributed by atoms with Gasteiger partial charge in [0.1, 0.15) is 0 Å². The summed E-state index contributed by atoms with van der Waals surface area (Å²) in [4.78, 5) is 9.43. The van der Waals surface area contributed by atoms with Gasteiger partial charge in [-0.15, -0.1) is 24.0 Å². The minimum absolute atomic E-state index is 0. The van der Waals surface area contributed by atoms with Crippen molar-refractivity contribution in [3.05, 3.63) is 0 Å². The molecule has 2 heterocycles. The first-order valence-electron chi connectivity index (χ1n) is 10.6. The number of hydrogen-bond acceptors (Lipinski definition) is 5. The standard InChI is InChI=1S/C19H39N5O3S.HI/c1-5-20-19(21-15-18-7-6-8-22(4)16-18)23-9-11-24(12-10-23)28(25,26)14-13-27-17(2)3;/h17-18H,5-16H2,1-4H3,(H,20,21);1H. The average molecular weight is 546 g/mol. The van der Waals surface area contributed by atoms with Gasteiger partial charge in [-0.05, 0) is 53.1 Å². The van der Waals surface area contributed by atoms with E-state index in [1.165, 1.54) is 19.4 Å². The highest BCUT2D eigenvalue weighted by molar-refractivity contribution is 14.0. The SMILES string of the molecule is CCNC(=NCC1CCCN(C)C1)N1CCN(S(=O)(=O)CCOC(C)C)CC1.I. The van der Waals surface area contributed by atoms with Crippen LogP contribution in [0.3, 0.4) is 0 Å². The molecule has 0 aromatic carbocycles. The van der Waals surface area contributed by atoms with Crippen LogP contribution in [0.1, 0.15) is 33.6 Å². The maximum Gasteiger partial charge on any atom is 0.216 e. The highest BCUT2D eigenvalue weighted by Crippen LogP contribution is 2.16. The van der Waals surface area contributed by atoms with Gasteiger partial charge in [-0.25, -0.2) is 8.42 Å². The lowest BCUT2D eigenvalue weighted by Crippen LogP contribution is -2.54. The Morgan fingerprint density at radius 3 is 2.48 bits per heavy atom. The zero-order valence-corrected chi connectivity index (χ0v) is 21.6. The molecule has 0 aliphatic carbocycles. The summed E-state index contributed by atoms with van der Waals surface area (Å²) in [5.41, 5.74) is 0. The normalized spacial score (nSPS) is 22.6. The van der Waals surface area contributed by atoms with E-state index in [9.17, 15) is 8.42 Å². The molecule has 1 N–H and O–H groups in total. The molecule has 0 aromatic rings. The summed E-state index contributed by atoms with van der Waals surface area (Å²) in [7, 11) is -1.09. The summed E-state index contributed by atoms with van der Waals surface area (Å²) in [6, 6.07) is 0. The molecular formula is C19H40IN5O3S. The number of nitrogens with zero attached hydrogens (tertiary/aromatic N) is 4. The summed E-state index contributed by atoms with van der Waals surface area (Å²) >= 11 is 0. The van der Waals surface area contributed by atoms with Crippen LogP contribution in [0.4, 0.5) is 0 Å². The maximum atomic E-state index is 12.5. The second-order valence-corrected chi connectivity index (χ2v) is 10.2. The number of halogens is 1. The Morgan fingerprint density at radius 2 is 1.90 bits per heavy atom. The molecule has 2 aliphatic rings. The molecule has 1 atom stereocenters. The van der Waals surface area contributed by atoms with E-state index in [0.717, 1.165) is 25.6 Å². The quantitative estimate of drug-likeness (QED) is 0.282. The van der Waals surface area contributed by atoms with Gasteiger partial charge >= 0.3 is 0 Å². The monoisotopic (exact) mass is 545 g/mol. The van der Waals surface area contributed by atoms with Gasteiger partial charge in [0.2, 0.25) is 10.0 Å². The molecule has 0 amide bonds. The molecule has 29 heavy (non-hydrogen) atoms. The van der Waals surface area contributed by atoms with E-state index < -0.39 is 10.0 Å². The molecule has 0 radical (unpaired) electrons. The number of likely N-dealkylation sites (tertiary alicyclic amines) is 1. The van der Waals surface area contributed by atoms with Gasteiger partial charge in [-0.2, -0.15) is 4.31 Å². The lowest BCUT2D eigenvalue weighted by atomic mass is 9.99. The second kappa shape index (κ2) is 13.3. The zero-order valence-electron chi connectivity index (χ0n) is 18.5. The van der Waals surface area contributed by atoms with Crippen molar-refractivity contribution in [1.29, 1.82) is 0 Å². The van der Waals surface area contributed by atoms with Gasteiger partial charge in [-0.3, -0.25) is 4.99 Å². The number of nitrogens with one attached hydrogen (secondary N) is 1. The predicted octanol–water partition coefficient (Wildman–Crippen LogP) is 1.28. The Morgan fingerprint density at radius 1 is 1.21 bits per heavy atom. The fraction of sp³-hybridized carbons (Fsp3) is 0.947. The number of ether oxygens (including phenoxy) is 1. The molecule has 8 nitrogen and oxygen atoms in total. The molecule has 0 aromatic heterocycles. The summed E-state index contributed by atoms with van der Waals surface area (Å²) in [6.07, 6.45) is 2.53. The van der Waals surface area contributed by atoms with E-state index in [4.69, 9.17) is 9.73 Å². The van der Waals surface area contributed by atoms with E-state index >= 15 is 0 Å². The molecule has 2 fully saturated rings. The number of hydrogen-bond donors (Lipinski definition) is 1. The van der Waals surface area contributed by atoms with E-state index in [1.54, 1.807) is 4.31 Å². The van der Waals surface area contributed by atoms with Gasteiger partial charge in [0.25, 0.3) is 0 Å². The summed E-state index contributed by atoms with van der Waals surface area (Å²) in [5, 5.41) is 3.38. The lowest BCUT2D eigenvalue weighted by molar-refractivity contribution is 0.0904. The van der Waals surface area contributed by atoms with Gasteiger partial charge in [0.05, 0.1) is 18.5 Å². The van der Waals surface area contributed by atoms with Crippen molar-refractivity contribution in [2.75, 3.05) is 71.8 Å². The van der Waals surface area contributed by atoms with Crippen molar-refractivity contribution in [2.24, 2.45) is 10.9 Å². The smallest absolute Gasteiger partial charge is 0.216 e. The van der Waals surface area contributed by atoms with Crippen molar-refractivity contribution in [2.45, 2.75) is 39.7 Å². The molecular weight excluding hydrogens is 505 g/mol. The van der Waals surface area contributed by atoms with Crippen molar-refractivity contribution >= 4 is 40.0 Å². The highest BCUT2D eigenvalue weighted by atomic mass is 127. The Bertz CT molecular complexity index is 595. The Balaban J connectivity index is 0.00000420. The minimum atomic E-state index is -3.26. The van der Waals surface area contributed by atoms with Crippen molar-refractivity contribution in [3.63, 3.8) is 0 Å². The van der Waals surface area contributed by atoms with Gasteiger partial charge in [0.15, 0.2) is 5.96 Å². The van der Waals surface area contributed by atoms with Crippen LogP contribution in [0, 0.1) is 5.92 Å². The summed E-state index contributed by atoms with van der Waals surface area (Å²) < 4.78 is 32.0. The molecule has 2 saturated heterocycles. The average Bonchev–Trinajstić information content (AvgIpc) is 2.65. The third kappa shape index (κ3) is 9.24. The second-order valence-electron chi connectivity index (χ2n) is 8.09. The fourth-order valence-electron chi connectivity index (χ4n) is 3.76. The molecule has 0 bridgehead atoms. The van der Waals surface area contributed by atoms with Crippen LogP contribution in [0.25, 0.3) is 0 Å². The first-order valence-corrected chi connectivity index (χ1v) is 12.2. The van der Waals surface area contributed by atoms with E-state index in [1.807, 2.05) is 13.8 Å².